The molecule has 1 aliphatic carbocycles. The Morgan fingerprint density at radius 1 is 1.25 bits per heavy atom. The lowest BCUT2D eigenvalue weighted by molar-refractivity contribution is 0.0950. The molecule has 0 saturated carbocycles. The molecule has 3 aromatic rings. The molecule has 0 unspecified atom stereocenters. The summed E-state index contributed by atoms with van der Waals surface area (Å²) in [4.78, 5) is 12.3. The van der Waals surface area contributed by atoms with Crippen LogP contribution in [0.3, 0.4) is 0 Å². The number of carbonyl (C=O) groups excluding carboxylic acids is 1. The summed E-state index contributed by atoms with van der Waals surface area (Å²) < 4.78 is 1.80. The number of hydrogen-bond acceptors (Lipinski definition) is 3. The first-order valence-corrected chi connectivity index (χ1v) is 8.16. The van der Waals surface area contributed by atoms with Crippen LogP contribution in [-0.4, -0.2) is 25.9 Å². The SMILES string of the molecule is Cc1ccn(-c2ccc(C(=O)NCc3n[nH]c4c3CCC4)cc2)n1. The van der Waals surface area contributed by atoms with Gasteiger partial charge in [-0.2, -0.15) is 10.2 Å². The van der Waals surface area contributed by atoms with E-state index in [0.717, 1.165) is 29.9 Å². The van der Waals surface area contributed by atoms with Gasteiger partial charge in [-0.1, -0.05) is 0 Å². The molecule has 4 rings (SSSR count). The second-order valence-electron chi connectivity index (χ2n) is 6.11. The van der Waals surface area contributed by atoms with Crippen LogP contribution in [0.1, 0.15) is 39.4 Å². The van der Waals surface area contributed by atoms with Crippen LogP contribution in [0.5, 0.6) is 0 Å². The van der Waals surface area contributed by atoms with Crippen molar-refractivity contribution in [2.45, 2.75) is 32.7 Å². The highest BCUT2D eigenvalue weighted by atomic mass is 16.1. The molecule has 1 aliphatic rings. The minimum atomic E-state index is -0.0899. The zero-order valence-corrected chi connectivity index (χ0v) is 13.5. The second kappa shape index (κ2) is 5.96. The maximum Gasteiger partial charge on any atom is 0.251 e. The highest BCUT2D eigenvalue weighted by Crippen LogP contribution is 2.22. The summed E-state index contributed by atoms with van der Waals surface area (Å²) in [6, 6.07) is 9.37. The molecule has 0 aliphatic heterocycles. The number of nitrogens with one attached hydrogen (secondary N) is 2. The van der Waals surface area contributed by atoms with Crippen molar-refractivity contribution in [3.63, 3.8) is 0 Å². The number of H-pyrrole nitrogens is 1. The summed E-state index contributed by atoms with van der Waals surface area (Å²) in [5.41, 5.74) is 5.99. The summed E-state index contributed by atoms with van der Waals surface area (Å²) >= 11 is 0. The van der Waals surface area contributed by atoms with E-state index in [0.29, 0.717) is 12.1 Å². The first kappa shape index (κ1) is 14.7. The topological polar surface area (TPSA) is 75.6 Å². The largest absolute Gasteiger partial charge is 0.346 e. The predicted molar refractivity (Wildman–Crippen MR) is 90.1 cm³/mol. The Kier molecular flexibility index (Phi) is 3.65. The van der Waals surface area contributed by atoms with Crippen LogP contribution < -0.4 is 5.32 Å². The predicted octanol–water partition coefficient (Wildman–Crippen LogP) is 2.32. The average molecular weight is 321 g/mol. The number of fused-ring (bicyclic) bond motifs is 1. The van der Waals surface area contributed by atoms with Crippen molar-refractivity contribution in [1.29, 1.82) is 0 Å². The molecule has 0 saturated heterocycles. The Morgan fingerprint density at radius 3 is 2.83 bits per heavy atom. The van der Waals surface area contributed by atoms with Crippen LogP contribution >= 0.6 is 0 Å². The third-order valence-electron chi connectivity index (χ3n) is 4.42. The monoisotopic (exact) mass is 321 g/mol. The fraction of sp³-hybridized carbons (Fsp3) is 0.278. The van der Waals surface area contributed by atoms with E-state index in [-0.39, 0.29) is 5.91 Å². The van der Waals surface area contributed by atoms with E-state index < -0.39 is 0 Å². The van der Waals surface area contributed by atoms with Crippen molar-refractivity contribution in [2.24, 2.45) is 0 Å². The smallest absolute Gasteiger partial charge is 0.251 e. The number of amides is 1. The number of aromatic amines is 1. The summed E-state index contributed by atoms with van der Waals surface area (Å²) in [7, 11) is 0. The van der Waals surface area contributed by atoms with Crippen LogP contribution in [0.25, 0.3) is 5.69 Å². The lowest BCUT2D eigenvalue weighted by atomic mass is 10.1. The molecular weight excluding hydrogens is 302 g/mol. The van der Waals surface area contributed by atoms with E-state index in [1.54, 1.807) is 4.68 Å². The Bertz CT molecular complexity index is 875. The Balaban J connectivity index is 1.42. The molecule has 0 fully saturated rings. The third-order valence-corrected chi connectivity index (χ3v) is 4.42. The van der Waals surface area contributed by atoms with Crippen LogP contribution in [0, 0.1) is 6.92 Å². The van der Waals surface area contributed by atoms with Gasteiger partial charge in [-0.05, 0) is 62.1 Å². The van der Waals surface area contributed by atoms with E-state index in [4.69, 9.17) is 0 Å². The molecule has 6 nitrogen and oxygen atoms in total. The normalized spacial score (nSPS) is 13.0. The molecule has 6 heteroatoms. The Hall–Kier alpha value is -2.89. The number of carbonyl (C=O) groups is 1. The van der Waals surface area contributed by atoms with Gasteiger partial charge in [0.2, 0.25) is 0 Å². The Labute approximate surface area is 139 Å². The number of rotatable bonds is 4. The third kappa shape index (κ3) is 2.71. The molecule has 2 aromatic heterocycles. The number of aryl methyl sites for hydroxylation is 2. The van der Waals surface area contributed by atoms with Crippen LogP contribution in [0.2, 0.25) is 0 Å². The molecule has 1 amide bonds. The number of benzene rings is 1. The Morgan fingerprint density at radius 2 is 2.08 bits per heavy atom. The van der Waals surface area contributed by atoms with Gasteiger partial charge in [-0.15, -0.1) is 0 Å². The van der Waals surface area contributed by atoms with Gasteiger partial charge in [0.15, 0.2) is 0 Å². The second-order valence-corrected chi connectivity index (χ2v) is 6.11. The van der Waals surface area contributed by atoms with Gasteiger partial charge in [0.25, 0.3) is 5.91 Å². The van der Waals surface area contributed by atoms with Gasteiger partial charge in [-0.25, -0.2) is 4.68 Å². The van der Waals surface area contributed by atoms with Gasteiger partial charge in [0, 0.05) is 17.5 Å². The maximum atomic E-state index is 12.3. The van der Waals surface area contributed by atoms with Gasteiger partial charge < -0.3 is 5.32 Å². The molecule has 122 valence electrons. The molecule has 0 bridgehead atoms. The summed E-state index contributed by atoms with van der Waals surface area (Å²) in [6.07, 6.45) is 5.18. The molecule has 0 radical (unpaired) electrons. The molecule has 24 heavy (non-hydrogen) atoms. The van der Waals surface area contributed by atoms with Crippen molar-refractivity contribution in [3.8, 4) is 5.69 Å². The van der Waals surface area contributed by atoms with Crippen LogP contribution in [0.15, 0.2) is 36.5 Å². The highest BCUT2D eigenvalue weighted by Gasteiger charge is 2.18. The number of nitrogens with zero attached hydrogens (tertiary/aromatic N) is 3. The van der Waals surface area contributed by atoms with Crippen molar-refractivity contribution in [3.05, 3.63) is 64.7 Å². The van der Waals surface area contributed by atoms with E-state index in [9.17, 15) is 4.79 Å². The maximum absolute atomic E-state index is 12.3. The number of aromatic nitrogens is 4. The van der Waals surface area contributed by atoms with Gasteiger partial charge in [-0.3, -0.25) is 9.89 Å². The minimum absolute atomic E-state index is 0.0899. The molecule has 2 N–H and O–H groups in total. The van der Waals surface area contributed by atoms with E-state index in [1.165, 1.54) is 17.7 Å². The van der Waals surface area contributed by atoms with E-state index in [1.807, 2.05) is 43.5 Å². The summed E-state index contributed by atoms with van der Waals surface area (Å²) in [5.74, 6) is -0.0899. The van der Waals surface area contributed by atoms with Crippen molar-refractivity contribution >= 4 is 5.91 Å². The van der Waals surface area contributed by atoms with E-state index >= 15 is 0 Å². The summed E-state index contributed by atoms with van der Waals surface area (Å²) in [6.45, 7) is 2.41. The van der Waals surface area contributed by atoms with Gasteiger partial charge in [0.05, 0.1) is 23.6 Å². The van der Waals surface area contributed by atoms with Crippen LogP contribution in [0.4, 0.5) is 0 Å². The minimum Gasteiger partial charge on any atom is -0.346 e. The lowest BCUT2D eigenvalue weighted by Gasteiger charge is -2.06. The zero-order valence-electron chi connectivity index (χ0n) is 13.5. The molecule has 0 atom stereocenters. The van der Waals surface area contributed by atoms with Crippen molar-refractivity contribution in [1.82, 2.24) is 25.3 Å². The molecule has 0 spiro atoms. The fourth-order valence-electron chi connectivity index (χ4n) is 3.12. The number of hydrogen-bond donors (Lipinski definition) is 2. The van der Waals surface area contributed by atoms with Crippen molar-refractivity contribution in [2.75, 3.05) is 0 Å². The quantitative estimate of drug-likeness (QED) is 0.774. The average Bonchev–Trinajstić information content (AvgIpc) is 3.30. The fourth-order valence-corrected chi connectivity index (χ4v) is 3.12. The zero-order chi connectivity index (χ0) is 16.5. The molecule has 1 aromatic carbocycles. The standard InChI is InChI=1S/C18H19N5O/c1-12-9-10-23(22-12)14-7-5-13(6-8-14)18(24)19-11-17-15-3-2-4-16(15)20-21-17/h5-10H,2-4,11H2,1H3,(H,19,24)(H,20,21). The first-order valence-electron chi connectivity index (χ1n) is 8.16. The van der Waals surface area contributed by atoms with Crippen LogP contribution in [-0.2, 0) is 19.4 Å². The molecular formula is C18H19N5O. The lowest BCUT2D eigenvalue weighted by Crippen LogP contribution is -2.23. The van der Waals surface area contributed by atoms with Gasteiger partial charge in [0.1, 0.15) is 0 Å². The summed E-state index contributed by atoms with van der Waals surface area (Å²) in [5, 5.41) is 14.7. The highest BCUT2D eigenvalue weighted by molar-refractivity contribution is 5.94. The first-order chi connectivity index (χ1) is 11.7. The van der Waals surface area contributed by atoms with Crippen molar-refractivity contribution < 1.29 is 4.79 Å². The van der Waals surface area contributed by atoms with Gasteiger partial charge >= 0.3 is 0 Å². The molecule has 2 heterocycles. The van der Waals surface area contributed by atoms with E-state index in [2.05, 4.69) is 20.6 Å².